The number of aromatic nitrogens is 2. The summed E-state index contributed by atoms with van der Waals surface area (Å²) < 4.78 is 25.1. The van der Waals surface area contributed by atoms with Crippen LogP contribution >= 0.6 is 0 Å². The number of nitrogens with one attached hydrogen (secondary N) is 1. The highest BCUT2D eigenvalue weighted by Gasteiger charge is 2.13. The number of furan rings is 1. The highest BCUT2D eigenvalue weighted by molar-refractivity contribution is 6.01. The van der Waals surface area contributed by atoms with E-state index in [9.17, 15) is 9.18 Å². The van der Waals surface area contributed by atoms with Gasteiger partial charge in [-0.25, -0.2) is 4.39 Å². The van der Waals surface area contributed by atoms with Crippen LogP contribution in [0.2, 0.25) is 0 Å². The first-order chi connectivity index (χ1) is 12.1. The molecule has 0 atom stereocenters. The highest BCUT2D eigenvalue weighted by atomic mass is 19.1. The number of benzene rings is 1. The second-order valence-corrected chi connectivity index (χ2v) is 5.02. The summed E-state index contributed by atoms with van der Waals surface area (Å²) in [5.74, 6) is 0.557. The van der Waals surface area contributed by atoms with E-state index >= 15 is 0 Å². The standard InChI is InChI=1S/C17H13FN4O3/c18-12-1-3-13(4-2-12)24-11-14-5-6-15(25-14)17(23)20-16-7-9-22(21-16)10-8-19/h1-7,9H,10-11H2,(H,20,21,23). The Morgan fingerprint density at radius 1 is 1.28 bits per heavy atom. The fourth-order valence-corrected chi connectivity index (χ4v) is 2.03. The number of hydrogen-bond donors (Lipinski definition) is 1. The first-order valence-electron chi connectivity index (χ1n) is 7.33. The maximum Gasteiger partial charge on any atom is 0.292 e. The Morgan fingerprint density at radius 2 is 2.08 bits per heavy atom. The number of carbonyl (C=O) groups excluding carboxylic acids is 1. The molecule has 126 valence electrons. The molecule has 1 aromatic carbocycles. The number of halogens is 1. The lowest BCUT2D eigenvalue weighted by Gasteiger charge is -2.03. The van der Waals surface area contributed by atoms with E-state index in [4.69, 9.17) is 14.4 Å². The predicted octanol–water partition coefficient (Wildman–Crippen LogP) is 2.97. The molecule has 8 heteroatoms. The first kappa shape index (κ1) is 16.3. The second-order valence-electron chi connectivity index (χ2n) is 5.02. The van der Waals surface area contributed by atoms with Gasteiger partial charge in [-0.1, -0.05) is 0 Å². The van der Waals surface area contributed by atoms with Crippen molar-refractivity contribution in [1.82, 2.24) is 9.78 Å². The van der Waals surface area contributed by atoms with Gasteiger partial charge in [0.05, 0.1) is 6.07 Å². The number of nitrogens with zero attached hydrogens (tertiary/aromatic N) is 3. The average Bonchev–Trinajstić information content (AvgIpc) is 3.24. The number of amides is 1. The largest absolute Gasteiger partial charge is 0.486 e. The normalized spacial score (nSPS) is 10.2. The van der Waals surface area contributed by atoms with Crippen LogP contribution in [-0.2, 0) is 13.2 Å². The Labute approximate surface area is 142 Å². The van der Waals surface area contributed by atoms with Crippen LogP contribution in [0.3, 0.4) is 0 Å². The molecule has 3 rings (SSSR count). The maximum absolute atomic E-state index is 12.8. The van der Waals surface area contributed by atoms with Crippen LogP contribution in [0, 0.1) is 17.1 Å². The van der Waals surface area contributed by atoms with Crippen molar-refractivity contribution in [1.29, 1.82) is 5.26 Å². The number of rotatable bonds is 6. The molecule has 0 unspecified atom stereocenters. The van der Waals surface area contributed by atoms with Gasteiger partial charge in [0.1, 0.15) is 30.5 Å². The van der Waals surface area contributed by atoms with E-state index in [0.29, 0.717) is 17.3 Å². The van der Waals surface area contributed by atoms with E-state index in [2.05, 4.69) is 10.4 Å². The molecule has 0 aliphatic rings. The number of carbonyl (C=O) groups is 1. The summed E-state index contributed by atoms with van der Waals surface area (Å²) in [4.78, 5) is 12.1. The molecular formula is C17H13FN4O3. The molecule has 1 amide bonds. The molecule has 0 saturated carbocycles. The van der Waals surface area contributed by atoms with E-state index in [1.165, 1.54) is 35.0 Å². The van der Waals surface area contributed by atoms with Crippen LogP contribution in [0.5, 0.6) is 5.75 Å². The Bertz CT molecular complexity index is 909. The molecule has 2 heterocycles. The molecule has 0 aliphatic heterocycles. The summed E-state index contributed by atoms with van der Waals surface area (Å²) in [5, 5.41) is 15.2. The van der Waals surface area contributed by atoms with Gasteiger partial charge in [-0.05, 0) is 36.4 Å². The van der Waals surface area contributed by atoms with Crippen LogP contribution < -0.4 is 10.1 Å². The fraction of sp³-hybridized carbons (Fsp3) is 0.118. The minimum absolute atomic E-state index is 0.0987. The minimum atomic E-state index is -0.463. The second kappa shape index (κ2) is 7.31. The Hall–Kier alpha value is -3.60. The number of hydrogen-bond acceptors (Lipinski definition) is 5. The summed E-state index contributed by atoms with van der Waals surface area (Å²) in [6, 6.07) is 12.3. The molecule has 25 heavy (non-hydrogen) atoms. The Kier molecular flexibility index (Phi) is 4.76. The van der Waals surface area contributed by atoms with Crippen molar-refractivity contribution in [3.63, 3.8) is 0 Å². The van der Waals surface area contributed by atoms with Crippen molar-refractivity contribution in [2.75, 3.05) is 5.32 Å². The van der Waals surface area contributed by atoms with Gasteiger partial charge >= 0.3 is 0 Å². The molecular weight excluding hydrogens is 327 g/mol. The van der Waals surface area contributed by atoms with E-state index in [1.807, 2.05) is 6.07 Å². The lowest BCUT2D eigenvalue weighted by molar-refractivity contribution is 0.0992. The average molecular weight is 340 g/mol. The van der Waals surface area contributed by atoms with Gasteiger partial charge in [0.2, 0.25) is 0 Å². The van der Waals surface area contributed by atoms with E-state index in [-0.39, 0.29) is 24.7 Å². The molecule has 0 radical (unpaired) electrons. The summed E-state index contributed by atoms with van der Waals surface area (Å²) in [7, 11) is 0. The highest BCUT2D eigenvalue weighted by Crippen LogP contribution is 2.16. The lowest BCUT2D eigenvalue weighted by atomic mass is 10.3. The molecule has 7 nitrogen and oxygen atoms in total. The quantitative estimate of drug-likeness (QED) is 0.744. The van der Waals surface area contributed by atoms with Crippen molar-refractivity contribution in [2.45, 2.75) is 13.2 Å². The van der Waals surface area contributed by atoms with Gasteiger partial charge in [0, 0.05) is 12.3 Å². The van der Waals surface area contributed by atoms with Gasteiger partial charge in [0.25, 0.3) is 5.91 Å². The molecule has 0 fully saturated rings. The predicted molar refractivity (Wildman–Crippen MR) is 85.2 cm³/mol. The SMILES string of the molecule is N#CCn1ccc(NC(=O)c2ccc(COc3ccc(F)cc3)o2)n1. The van der Waals surface area contributed by atoms with Gasteiger partial charge in [0.15, 0.2) is 11.6 Å². The Balaban J connectivity index is 1.57. The van der Waals surface area contributed by atoms with Crippen LogP contribution in [0.15, 0.2) is 53.1 Å². The number of anilines is 1. The third kappa shape index (κ3) is 4.23. The van der Waals surface area contributed by atoms with Crippen LogP contribution in [-0.4, -0.2) is 15.7 Å². The molecule has 0 spiro atoms. The molecule has 1 N–H and O–H groups in total. The minimum Gasteiger partial charge on any atom is -0.486 e. The van der Waals surface area contributed by atoms with Crippen molar-refractivity contribution >= 4 is 11.7 Å². The molecule has 0 saturated heterocycles. The summed E-state index contributed by atoms with van der Waals surface area (Å²) >= 11 is 0. The molecule has 3 aromatic rings. The third-order valence-corrected chi connectivity index (χ3v) is 3.20. The molecule has 0 aliphatic carbocycles. The zero-order valence-electron chi connectivity index (χ0n) is 13.0. The van der Waals surface area contributed by atoms with E-state index in [1.54, 1.807) is 18.3 Å². The topological polar surface area (TPSA) is 93.1 Å². The first-order valence-corrected chi connectivity index (χ1v) is 7.33. The monoisotopic (exact) mass is 340 g/mol. The number of ether oxygens (including phenoxy) is 1. The summed E-state index contributed by atoms with van der Waals surface area (Å²) in [6.45, 7) is 0.206. The van der Waals surface area contributed by atoms with Gasteiger partial charge < -0.3 is 14.5 Å². The van der Waals surface area contributed by atoms with Gasteiger partial charge in [-0.15, -0.1) is 0 Å². The van der Waals surface area contributed by atoms with Crippen LogP contribution in [0.4, 0.5) is 10.2 Å². The van der Waals surface area contributed by atoms with Gasteiger partial charge in [-0.3, -0.25) is 9.48 Å². The summed E-state index contributed by atoms with van der Waals surface area (Å²) in [5.41, 5.74) is 0. The third-order valence-electron chi connectivity index (χ3n) is 3.20. The molecule has 0 bridgehead atoms. The fourth-order valence-electron chi connectivity index (χ4n) is 2.03. The number of nitriles is 1. The van der Waals surface area contributed by atoms with E-state index in [0.717, 1.165) is 0 Å². The van der Waals surface area contributed by atoms with Crippen LogP contribution in [0.1, 0.15) is 16.3 Å². The smallest absolute Gasteiger partial charge is 0.292 e. The van der Waals surface area contributed by atoms with Gasteiger partial charge in [-0.2, -0.15) is 10.4 Å². The van der Waals surface area contributed by atoms with Crippen molar-refractivity contribution in [2.24, 2.45) is 0 Å². The Morgan fingerprint density at radius 3 is 2.84 bits per heavy atom. The summed E-state index contributed by atoms with van der Waals surface area (Å²) in [6.07, 6.45) is 1.59. The lowest BCUT2D eigenvalue weighted by Crippen LogP contribution is -2.11. The van der Waals surface area contributed by atoms with E-state index < -0.39 is 5.91 Å². The zero-order valence-corrected chi connectivity index (χ0v) is 13.0. The zero-order chi connectivity index (χ0) is 17.6. The van der Waals surface area contributed by atoms with Crippen LogP contribution in [0.25, 0.3) is 0 Å². The maximum atomic E-state index is 12.8. The molecule has 2 aromatic heterocycles. The van der Waals surface area contributed by atoms with Crippen molar-refractivity contribution in [3.05, 3.63) is 66.0 Å². The van der Waals surface area contributed by atoms with Crippen molar-refractivity contribution < 1.29 is 18.3 Å². The van der Waals surface area contributed by atoms with Crippen molar-refractivity contribution in [3.8, 4) is 11.8 Å².